The van der Waals surface area contributed by atoms with Crippen LogP contribution >= 0.6 is 11.3 Å². The zero-order chi connectivity index (χ0) is 18.8. The largest absolute Gasteiger partial charge is 0.493 e. The van der Waals surface area contributed by atoms with Crippen molar-refractivity contribution in [3.8, 4) is 11.5 Å². The minimum absolute atomic E-state index is 0.298. The standard InChI is InChI=1S/C22H29NO3S/c1-15-11-16(7-9-26-15)14-23-8-6-17-12-19(24-2)20(25-3)13-18(17)22(23)21-5-4-10-27-21/h4-5,10,12-13,15-16,22H,6-9,11,14H2,1-3H3/t15-,16-,22+/m0/s1. The summed E-state index contributed by atoms with van der Waals surface area (Å²) in [6.07, 6.45) is 3.75. The molecule has 4 nitrogen and oxygen atoms in total. The molecule has 0 aliphatic carbocycles. The summed E-state index contributed by atoms with van der Waals surface area (Å²) in [5.41, 5.74) is 2.74. The van der Waals surface area contributed by atoms with E-state index in [1.54, 1.807) is 14.2 Å². The van der Waals surface area contributed by atoms with Gasteiger partial charge in [-0.25, -0.2) is 0 Å². The molecule has 1 aromatic carbocycles. The SMILES string of the molecule is COc1cc2c(cc1OC)[C@H](c1cccs1)N(C[C@H]1CCO[C@@H](C)C1)CC2. The normalized spacial score (nSPS) is 25.8. The molecule has 1 aromatic heterocycles. The molecule has 1 fully saturated rings. The lowest BCUT2D eigenvalue weighted by molar-refractivity contribution is -0.00829. The summed E-state index contributed by atoms with van der Waals surface area (Å²) < 4.78 is 16.9. The van der Waals surface area contributed by atoms with Crippen LogP contribution in [-0.4, -0.2) is 44.9 Å². The third-order valence-corrected chi connectivity index (χ3v) is 6.80. The van der Waals surface area contributed by atoms with Crippen LogP contribution in [0, 0.1) is 5.92 Å². The second-order valence-electron chi connectivity index (χ2n) is 7.64. The summed E-state index contributed by atoms with van der Waals surface area (Å²) in [5.74, 6) is 2.35. The van der Waals surface area contributed by atoms with Crippen LogP contribution in [0.3, 0.4) is 0 Å². The smallest absolute Gasteiger partial charge is 0.161 e. The molecule has 2 aromatic rings. The van der Waals surface area contributed by atoms with Crippen LogP contribution in [0.2, 0.25) is 0 Å². The zero-order valence-electron chi connectivity index (χ0n) is 16.4. The predicted octanol–water partition coefficient (Wildman–Crippen LogP) is 4.53. The van der Waals surface area contributed by atoms with E-state index in [1.165, 1.54) is 16.0 Å². The van der Waals surface area contributed by atoms with Crippen LogP contribution < -0.4 is 9.47 Å². The summed E-state index contributed by atoms with van der Waals surface area (Å²) in [4.78, 5) is 4.08. The van der Waals surface area contributed by atoms with Gasteiger partial charge in [0.15, 0.2) is 11.5 Å². The van der Waals surface area contributed by atoms with Crippen LogP contribution in [-0.2, 0) is 11.2 Å². The maximum atomic E-state index is 5.76. The van der Waals surface area contributed by atoms with Crippen molar-refractivity contribution in [3.63, 3.8) is 0 Å². The lowest BCUT2D eigenvalue weighted by Gasteiger charge is -2.40. The highest BCUT2D eigenvalue weighted by atomic mass is 32.1. The van der Waals surface area contributed by atoms with Gasteiger partial charge in [0.25, 0.3) is 0 Å². The first-order chi connectivity index (χ1) is 13.2. The van der Waals surface area contributed by atoms with Gasteiger partial charge in [-0.3, -0.25) is 4.90 Å². The van der Waals surface area contributed by atoms with Crippen molar-refractivity contribution < 1.29 is 14.2 Å². The molecule has 3 heterocycles. The maximum absolute atomic E-state index is 5.76. The van der Waals surface area contributed by atoms with Gasteiger partial charge < -0.3 is 14.2 Å². The molecule has 0 unspecified atom stereocenters. The highest BCUT2D eigenvalue weighted by Crippen LogP contribution is 2.42. The van der Waals surface area contributed by atoms with Gasteiger partial charge in [0, 0.05) is 24.6 Å². The Hall–Kier alpha value is -1.56. The Morgan fingerprint density at radius 1 is 1.22 bits per heavy atom. The predicted molar refractivity (Wildman–Crippen MR) is 109 cm³/mol. The van der Waals surface area contributed by atoms with Crippen molar-refractivity contribution in [2.75, 3.05) is 33.9 Å². The van der Waals surface area contributed by atoms with Gasteiger partial charge >= 0.3 is 0 Å². The van der Waals surface area contributed by atoms with Crippen molar-refractivity contribution in [1.29, 1.82) is 0 Å². The average molecular weight is 388 g/mol. The summed E-state index contributed by atoms with van der Waals surface area (Å²) in [6.45, 7) is 5.30. The van der Waals surface area contributed by atoms with Crippen LogP contribution in [0.4, 0.5) is 0 Å². The molecule has 0 amide bonds. The summed E-state index contributed by atoms with van der Waals surface area (Å²) in [6, 6.07) is 9.08. The molecule has 0 N–H and O–H groups in total. The third kappa shape index (κ3) is 3.86. The van der Waals surface area contributed by atoms with E-state index in [9.17, 15) is 0 Å². The Balaban J connectivity index is 1.68. The molecule has 146 valence electrons. The highest BCUT2D eigenvalue weighted by Gasteiger charge is 2.33. The van der Waals surface area contributed by atoms with Gasteiger partial charge in [-0.05, 0) is 66.8 Å². The van der Waals surface area contributed by atoms with E-state index in [2.05, 4.69) is 41.5 Å². The molecule has 1 saturated heterocycles. The zero-order valence-corrected chi connectivity index (χ0v) is 17.3. The van der Waals surface area contributed by atoms with Crippen LogP contribution in [0.5, 0.6) is 11.5 Å². The number of hydrogen-bond donors (Lipinski definition) is 0. The van der Waals surface area contributed by atoms with Crippen molar-refractivity contribution >= 4 is 11.3 Å². The number of rotatable bonds is 5. The van der Waals surface area contributed by atoms with Crippen molar-refractivity contribution in [2.24, 2.45) is 5.92 Å². The second kappa shape index (κ2) is 8.21. The number of nitrogens with zero attached hydrogens (tertiary/aromatic N) is 1. The fourth-order valence-corrected chi connectivity index (χ4v) is 5.44. The fourth-order valence-electron chi connectivity index (χ4n) is 4.56. The van der Waals surface area contributed by atoms with E-state index in [4.69, 9.17) is 14.2 Å². The summed E-state index contributed by atoms with van der Waals surface area (Å²) in [7, 11) is 3.43. The number of methoxy groups -OCH3 is 2. The number of hydrogen-bond acceptors (Lipinski definition) is 5. The van der Waals surface area contributed by atoms with Gasteiger partial charge in [-0.2, -0.15) is 0 Å². The Kier molecular flexibility index (Phi) is 5.71. The molecule has 3 atom stereocenters. The average Bonchev–Trinajstić information content (AvgIpc) is 3.21. The van der Waals surface area contributed by atoms with Gasteiger partial charge in [0.1, 0.15) is 0 Å². The minimum atomic E-state index is 0.298. The highest BCUT2D eigenvalue weighted by molar-refractivity contribution is 7.10. The molecule has 2 aliphatic rings. The second-order valence-corrected chi connectivity index (χ2v) is 8.62. The molecular weight excluding hydrogens is 358 g/mol. The Morgan fingerprint density at radius 2 is 2.04 bits per heavy atom. The topological polar surface area (TPSA) is 30.9 Å². The fraction of sp³-hybridized carbons (Fsp3) is 0.545. The molecule has 4 rings (SSSR count). The van der Waals surface area contributed by atoms with E-state index in [1.807, 2.05) is 11.3 Å². The van der Waals surface area contributed by atoms with Crippen molar-refractivity contribution in [1.82, 2.24) is 4.90 Å². The molecule has 2 aliphatic heterocycles. The number of benzene rings is 1. The van der Waals surface area contributed by atoms with E-state index < -0.39 is 0 Å². The summed E-state index contributed by atoms with van der Waals surface area (Å²) in [5, 5.41) is 2.18. The molecule has 5 heteroatoms. The van der Waals surface area contributed by atoms with Crippen molar-refractivity contribution in [3.05, 3.63) is 45.6 Å². The monoisotopic (exact) mass is 387 g/mol. The van der Waals surface area contributed by atoms with E-state index in [-0.39, 0.29) is 0 Å². The molecule has 27 heavy (non-hydrogen) atoms. The molecule has 0 spiro atoms. The third-order valence-electron chi connectivity index (χ3n) is 5.87. The van der Waals surface area contributed by atoms with Crippen molar-refractivity contribution in [2.45, 2.75) is 38.3 Å². The lowest BCUT2D eigenvalue weighted by Crippen LogP contribution is -2.41. The first kappa shape index (κ1) is 18.8. The Labute approximate surface area is 166 Å². The Morgan fingerprint density at radius 3 is 2.74 bits per heavy atom. The lowest BCUT2D eigenvalue weighted by atomic mass is 9.88. The number of fused-ring (bicyclic) bond motifs is 1. The van der Waals surface area contributed by atoms with E-state index >= 15 is 0 Å². The minimum Gasteiger partial charge on any atom is -0.493 e. The van der Waals surface area contributed by atoms with E-state index in [0.717, 1.165) is 50.5 Å². The van der Waals surface area contributed by atoms with Gasteiger partial charge in [0.2, 0.25) is 0 Å². The van der Waals surface area contributed by atoms with Gasteiger partial charge in [0.05, 0.1) is 26.4 Å². The van der Waals surface area contributed by atoms with E-state index in [0.29, 0.717) is 18.1 Å². The molecule has 0 bridgehead atoms. The molecular formula is C22H29NO3S. The number of thiophene rings is 1. The maximum Gasteiger partial charge on any atom is 0.161 e. The van der Waals surface area contributed by atoms with Gasteiger partial charge in [-0.15, -0.1) is 11.3 Å². The summed E-state index contributed by atoms with van der Waals surface area (Å²) >= 11 is 1.84. The van der Waals surface area contributed by atoms with Crippen LogP contribution in [0.25, 0.3) is 0 Å². The van der Waals surface area contributed by atoms with Crippen LogP contribution in [0.15, 0.2) is 29.6 Å². The molecule has 0 radical (unpaired) electrons. The molecule has 0 saturated carbocycles. The Bertz CT molecular complexity index is 761. The van der Waals surface area contributed by atoms with Crippen LogP contribution in [0.1, 0.15) is 41.8 Å². The first-order valence-electron chi connectivity index (χ1n) is 9.83. The quantitative estimate of drug-likeness (QED) is 0.754. The number of ether oxygens (including phenoxy) is 3. The van der Waals surface area contributed by atoms with Gasteiger partial charge in [-0.1, -0.05) is 6.07 Å². The first-order valence-corrected chi connectivity index (χ1v) is 10.7.